The summed E-state index contributed by atoms with van der Waals surface area (Å²) in [5.74, 6) is -0.719. The molecule has 1 amide bonds. The number of carboxylic acids is 1. The number of rotatable bonds is 2. The van der Waals surface area contributed by atoms with Gasteiger partial charge in [-0.25, -0.2) is 0 Å². The van der Waals surface area contributed by atoms with Crippen LogP contribution >= 0.6 is 15.9 Å². The third-order valence-corrected chi connectivity index (χ3v) is 5.59. The molecule has 1 aromatic rings. The third kappa shape index (κ3) is 2.27. The fourth-order valence-corrected chi connectivity index (χ4v) is 4.42. The van der Waals surface area contributed by atoms with E-state index in [0.29, 0.717) is 25.1 Å². The number of hydrogen-bond acceptors (Lipinski definition) is 2. The maximum Gasteiger partial charge on any atom is 0.311 e. The van der Waals surface area contributed by atoms with E-state index in [9.17, 15) is 14.7 Å². The Kier molecular flexibility index (Phi) is 3.56. The first kappa shape index (κ1) is 14.6. The molecular weight excluding hydrogens is 334 g/mol. The maximum atomic E-state index is 12.7. The summed E-state index contributed by atoms with van der Waals surface area (Å²) in [5.41, 5.74) is 0.979. The molecule has 3 rings (SSSR count). The minimum absolute atomic E-state index is 0.0723. The number of amides is 1. The lowest BCUT2D eigenvalue weighted by molar-refractivity contribution is -0.149. The number of benzene rings is 1. The summed E-state index contributed by atoms with van der Waals surface area (Å²) in [6.45, 7) is 2.87. The highest BCUT2D eigenvalue weighted by Gasteiger charge is 2.55. The number of halogens is 1. The molecule has 2 atom stereocenters. The van der Waals surface area contributed by atoms with E-state index in [1.807, 2.05) is 25.1 Å². The van der Waals surface area contributed by atoms with E-state index in [0.717, 1.165) is 22.9 Å². The van der Waals surface area contributed by atoms with E-state index in [-0.39, 0.29) is 11.8 Å². The van der Waals surface area contributed by atoms with Crippen LogP contribution in [0.25, 0.3) is 0 Å². The van der Waals surface area contributed by atoms with Gasteiger partial charge in [-0.15, -0.1) is 0 Å². The molecule has 1 heterocycles. The number of fused-ring (bicyclic) bond motifs is 1. The summed E-state index contributed by atoms with van der Waals surface area (Å²) in [6, 6.07) is 5.63. The Bertz CT molecular complexity index is 616. The van der Waals surface area contributed by atoms with Crippen LogP contribution in [0.5, 0.6) is 0 Å². The van der Waals surface area contributed by atoms with Gasteiger partial charge in [0.1, 0.15) is 0 Å². The first-order chi connectivity index (χ1) is 9.94. The van der Waals surface area contributed by atoms with E-state index in [1.54, 1.807) is 4.90 Å². The molecule has 0 aromatic heterocycles. The topological polar surface area (TPSA) is 57.6 Å². The number of aryl methyl sites for hydroxylation is 1. The van der Waals surface area contributed by atoms with Crippen LogP contribution in [-0.2, 0) is 4.79 Å². The minimum atomic E-state index is -0.747. The molecule has 0 unspecified atom stereocenters. The third-order valence-electron chi connectivity index (χ3n) is 4.94. The van der Waals surface area contributed by atoms with E-state index >= 15 is 0 Å². The molecule has 0 radical (unpaired) electrons. The normalized spacial score (nSPS) is 27.7. The molecule has 1 aliphatic heterocycles. The van der Waals surface area contributed by atoms with Crippen molar-refractivity contribution in [2.75, 3.05) is 13.1 Å². The van der Waals surface area contributed by atoms with Gasteiger partial charge >= 0.3 is 5.97 Å². The molecule has 2 fully saturated rings. The van der Waals surface area contributed by atoms with Crippen LogP contribution in [0, 0.1) is 18.3 Å². The van der Waals surface area contributed by atoms with Gasteiger partial charge in [-0.3, -0.25) is 9.59 Å². The molecular formula is C16H18BrNO3. The van der Waals surface area contributed by atoms with Crippen molar-refractivity contribution < 1.29 is 14.7 Å². The smallest absolute Gasteiger partial charge is 0.311 e. The second-order valence-electron chi connectivity index (χ2n) is 6.22. The highest BCUT2D eigenvalue weighted by molar-refractivity contribution is 9.10. The van der Waals surface area contributed by atoms with Gasteiger partial charge in [0.05, 0.1) is 11.0 Å². The van der Waals surface area contributed by atoms with Gasteiger partial charge in [0, 0.05) is 17.6 Å². The van der Waals surface area contributed by atoms with Gasteiger partial charge in [0.15, 0.2) is 0 Å². The fourth-order valence-electron chi connectivity index (χ4n) is 3.76. The van der Waals surface area contributed by atoms with Gasteiger partial charge in [0.2, 0.25) is 0 Å². The monoisotopic (exact) mass is 351 g/mol. The van der Waals surface area contributed by atoms with Crippen LogP contribution in [0.15, 0.2) is 22.7 Å². The summed E-state index contributed by atoms with van der Waals surface area (Å²) in [6.07, 6.45) is 2.55. The second kappa shape index (κ2) is 5.13. The van der Waals surface area contributed by atoms with Gasteiger partial charge in [0.25, 0.3) is 5.91 Å². The predicted octanol–water partition coefficient (Wildman–Crippen LogP) is 3.08. The van der Waals surface area contributed by atoms with Crippen LogP contribution < -0.4 is 0 Å². The first-order valence-corrected chi connectivity index (χ1v) is 8.02. The molecule has 1 saturated heterocycles. The molecule has 0 bridgehead atoms. The van der Waals surface area contributed by atoms with Crippen LogP contribution in [0.1, 0.15) is 35.2 Å². The van der Waals surface area contributed by atoms with Gasteiger partial charge in [-0.1, -0.05) is 12.5 Å². The number of carboxylic acid groups (broad SMARTS) is 1. The van der Waals surface area contributed by atoms with Crippen LogP contribution in [0.2, 0.25) is 0 Å². The average molecular weight is 352 g/mol. The molecule has 21 heavy (non-hydrogen) atoms. The standard InChI is InChI=1S/C16H18BrNO3/c1-10-4-5-12(13(17)7-10)14(19)18-8-11-3-2-6-16(11,9-18)15(20)21/h4-5,7,11H,2-3,6,8-9H2,1H3,(H,20,21)/t11-,16+/m0/s1. The average Bonchev–Trinajstić information content (AvgIpc) is 2.95. The first-order valence-electron chi connectivity index (χ1n) is 7.23. The maximum absolute atomic E-state index is 12.7. The predicted molar refractivity (Wildman–Crippen MR) is 82.2 cm³/mol. The number of nitrogens with zero attached hydrogens (tertiary/aromatic N) is 1. The van der Waals surface area contributed by atoms with Crippen molar-refractivity contribution in [3.63, 3.8) is 0 Å². The van der Waals surface area contributed by atoms with E-state index in [4.69, 9.17) is 0 Å². The van der Waals surface area contributed by atoms with Crippen LogP contribution in [0.4, 0.5) is 0 Å². The van der Waals surface area contributed by atoms with Crippen molar-refractivity contribution in [2.24, 2.45) is 11.3 Å². The van der Waals surface area contributed by atoms with Crippen molar-refractivity contribution in [1.29, 1.82) is 0 Å². The Labute approximate surface area is 132 Å². The van der Waals surface area contributed by atoms with Crippen LogP contribution in [-0.4, -0.2) is 35.0 Å². The van der Waals surface area contributed by atoms with E-state index in [2.05, 4.69) is 15.9 Å². The lowest BCUT2D eigenvalue weighted by atomic mass is 9.81. The largest absolute Gasteiger partial charge is 0.481 e. The lowest BCUT2D eigenvalue weighted by Crippen LogP contribution is -2.37. The van der Waals surface area contributed by atoms with Gasteiger partial charge < -0.3 is 10.0 Å². The SMILES string of the molecule is Cc1ccc(C(=O)N2C[C@@H]3CCC[C@@]3(C(=O)O)C2)c(Br)c1. The van der Waals surface area contributed by atoms with Gasteiger partial charge in [-0.2, -0.15) is 0 Å². The molecule has 2 aliphatic rings. The van der Waals surface area contributed by atoms with E-state index < -0.39 is 11.4 Å². The lowest BCUT2D eigenvalue weighted by Gasteiger charge is -2.23. The fraction of sp³-hybridized carbons (Fsp3) is 0.500. The zero-order valence-corrected chi connectivity index (χ0v) is 13.5. The quantitative estimate of drug-likeness (QED) is 0.890. The summed E-state index contributed by atoms with van der Waals surface area (Å²) in [5, 5.41) is 9.59. The highest BCUT2D eigenvalue weighted by atomic mass is 79.9. The summed E-state index contributed by atoms with van der Waals surface area (Å²) in [4.78, 5) is 26.1. The molecule has 112 valence electrons. The summed E-state index contributed by atoms with van der Waals surface area (Å²) >= 11 is 3.43. The second-order valence-corrected chi connectivity index (χ2v) is 7.07. The Morgan fingerprint density at radius 3 is 2.81 bits per heavy atom. The van der Waals surface area contributed by atoms with E-state index in [1.165, 1.54) is 0 Å². The molecule has 1 aromatic carbocycles. The molecule has 4 nitrogen and oxygen atoms in total. The van der Waals surface area contributed by atoms with Crippen molar-refractivity contribution >= 4 is 27.8 Å². The summed E-state index contributed by atoms with van der Waals surface area (Å²) < 4.78 is 0.772. The van der Waals surface area contributed by atoms with Crippen molar-refractivity contribution in [3.8, 4) is 0 Å². The molecule has 1 saturated carbocycles. The van der Waals surface area contributed by atoms with Crippen molar-refractivity contribution in [2.45, 2.75) is 26.2 Å². The Hall–Kier alpha value is -1.36. The molecule has 5 heteroatoms. The van der Waals surface area contributed by atoms with Crippen LogP contribution in [0.3, 0.4) is 0 Å². The summed E-state index contributed by atoms with van der Waals surface area (Å²) in [7, 11) is 0. The van der Waals surface area contributed by atoms with Crippen molar-refractivity contribution in [1.82, 2.24) is 4.90 Å². The Balaban J connectivity index is 1.86. The molecule has 1 aliphatic carbocycles. The Morgan fingerprint density at radius 2 is 2.19 bits per heavy atom. The highest BCUT2D eigenvalue weighted by Crippen LogP contribution is 2.49. The molecule has 1 N–H and O–H groups in total. The number of carbonyl (C=O) groups is 2. The zero-order valence-electron chi connectivity index (χ0n) is 11.9. The number of likely N-dealkylation sites (tertiary alicyclic amines) is 1. The zero-order chi connectivity index (χ0) is 15.2. The van der Waals surface area contributed by atoms with Crippen molar-refractivity contribution in [3.05, 3.63) is 33.8 Å². The Morgan fingerprint density at radius 1 is 1.43 bits per heavy atom. The number of carbonyl (C=O) groups excluding carboxylic acids is 1. The number of aliphatic carboxylic acids is 1. The minimum Gasteiger partial charge on any atom is -0.481 e. The molecule has 0 spiro atoms. The van der Waals surface area contributed by atoms with Gasteiger partial charge in [-0.05, 0) is 59.3 Å². The number of hydrogen-bond donors (Lipinski definition) is 1.